The number of carbonyl (C=O) groups excluding carboxylic acids is 1. The van der Waals surface area contributed by atoms with Gasteiger partial charge in [-0.3, -0.25) is 9.69 Å². The topological polar surface area (TPSA) is 71.3 Å². The van der Waals surface area contributed by atoms with E-state index in [1.807, 2.05) is 6.07 Å². The van der Waals surface area contributed by atoms with Gasteiger partial charge in [-0.05, 0) is 37.4 Å². The molecule has 1 amide bonds. The lowest BCUT2D eigenvalue weighted by Crippen LogP contribution is -2.29. The highest BCUT2D eigenvalue weighted by Crippen LogP contribution is 2.20. The van der Waals surface area contributed by atoms with Crippen LogP contribution >= 0.6 is 11.6 Å². The van der Waals surface area contributed by atoms with Gasteiger partial charge >= 0.3 is 0 Å². The average molecular weight is 375 g/mol. The molecule has 0 aliphatic rings. The van der Waals surface area contributed by atoms with Crippen LogP contribution < -0.4 is 5.32 Å². The van der Waals surface area contributed by atoms with E-state index in [1.165, 1.54) is 18.2 Å². The summed E-state index contributed by atoms with van der Waals surface area (Å²) in [5, 5.41) is 7.14. The summed E-state index contributed by atoms with van der Waals surface area (Å²) in [4.78, 5) is 18.0. The SMILES string of the molecule is CN(CC(=O)Nc1cccc(F)c1)Cc1nc(-c2cccc(Cl)c2)no1. The number of hydrogen-bond acceptors (Lipinski definition) is 5. The summed E-state index contributed by atoms with van der Waals surface area (Å²) in [6, 6.07) is 12.9. The molecule has 1 N–H and O–H groups in total. The van der Waals surface area contributed by atoms with Crippen LogP contribution in [-0.4, -0.2) is 34.5 Å². The van der Waals surface area contributed by atoms with Crippen molar-refractivity contribution in [2.45, 2.75) is 6.54 Å². The van der Waals surface area contributed by atoms with Crippen molar-refractivity contribution in [1.82, 2.24) is 15.0 Å². The number of amides is 1. The van der Waals surface area contributed by atoms with Gasteiger partial charge < -0.3 is 9.84 Å². The molecule has 0 fully saturated rings. The predicted molar refractivity (Wildman–Crippen MR) is 96.1 cm³/mol. The Bertz CT molecular complexity index is 915. The number of rotatable bonds is 6. The number of nitrogens with zero attached hydrogens (tertiary/aromatic N) is 3. The zero-order chi connectivity index (χ0) is 18.5. The van der Waals surface area contributed by atoms with Crippen LogP contribution in [0.15, 0.2) is 53.1 Å². The highest BCUT2D eigenvalue weighted by atomic mass is 35.5. The zero-order valence-corrected chi connectivity index (χ0v) is 14.7. The van der Waals surface area contributed by atoms with E-state index in [4.69, 9.17) is 16.1 Å². The lowest BCUT2D eigenvalue weighted by atomic mass is 10.2. The molecule has 0 bridgehead atoms. The van der Waals surface area contributed by atoms with E-state index in [0.29, 0.717) is 29.0 Å². The average Bonchev–Trinajstić information content (AvgIpc) is 3.03. The number of carbonyl (C=O) groups is 1. The Morgan fingerprint density at radius 1 is 1.27 bits per heavy atom. The Hall–Kier alpha value is -2.77. The second-order valence-electron chi connectivity index (χ2n) is 5.75. The molecule has 26 heavy (non-hydrogen) atoms. The fourth-order valence-corrected chi connectivity index (χ4v) is 2.55. The van der Waals surface area contributed by atoms with Crippen molar-refractivity contribution in [2.75, 3.05) is 18.9 Å². The molecule has 1 heterocycles. The quantitative estimate of drug-likeness (QED) is 0.713. The smallest absolute Gasteiger partial charge is 0.241 e. The standard InChI is InChI=1S/C18H16ClFN4O2/c1-24(10-16(25)21-15-7-3-6-14(20)9-15)11-17-22-18(23-26-17)12-4-2-5-13(19)8-12/h2-9H,10-11H2,1H3,(H,21,25). The Balaban J connectivity index is 1.56. The molecule has 3 aromatic rings. The highest BCUT2D eigenvalue weighted by molar-refractivity contribution is 6.30. The van der Waals surface area contributed by atoms with Crippen molar-refractivity contribution < 1.29 is 13.7 Å². The normalized spacial score (nSPS) is 10.9. The zero-order valence-electron chi connectivity index (χ0n) is 13.9. The molecule has 6 nitrogen and oxygen atoms in total. The van der Waals surface area contributed by atoms with Crippen LogP contribution in [0.1, 0.15) is 5.89 Å². The first kappa shape index (κ1) is 18.0. The third-order valence-electron chi connectivity index (χ3n) is 3.48. The van der Waals surface area contributed by atoms with Gasteiger partial charge in [-0.15, -0.1) is 0 Å². The minimum absolute atomic E-state index is 0.0887. The molecule has 134 valence electrons. The van der Waals surface area contributed by atoms with E-state index in [9.17, 15) is 9.18 Å². The van der Waals surface area contributed by atoms with Crippen LogP contribution in [-0.2, 0) is 11.3 Å². The number of halogens is 2. The molecule has 0 radical (unpaired) electrons. The summed E-state index contributed by atoms with van der Waals surface area (Å²) >= 11 is 5.96. The molecule has 0 saturated carbocycles. The van der Waals surface area contributed by atoms with Gasteiger partial charge in [0.1, 0.15) is 5.82 Å². The Morgan fingerprint density at radius 2 is 2.08 bits per heavy atom. The van der Waals surface area contributed by atoms with Gasteiger partial charge in [0.05, 0.1) is 13.1 Å². The summed E-state index contributed by atoms with van der Waals surface area (Å²) in [6.07, 6.45) is 0. The van der Waals surface area contributed by atoms with Crippen molar-refractivity contribution >= 4 is 23.2 Å². The first-order chi connectivity index (χ1) is 12.5. The molecule has 0 unspecified atom stereocenters. The molecule has 8 heteroatoms. The van der Waals surface area contributed by atoms with Gasteiger partial charge in [-0.1, -0.05) is 35.0 Å². The van der Waals surface area contributed by atoms with E-state index in [1.54, 1.807) is 36.2 Å². The summed E-state index contributed by atoms with van der Waals surface area (Å²) in [7, 11) is 1.74. The van der Waals surface area contributed by atoms with E-state index in [2.05, 4.69) is 15.5 Å². The van der Waals surface area contributed by atoms with Crippen LogP contribution in [0.25, 0.3) is 11.4 Å². The van der Waals surface area contributed by atoms with E-state index in [0.717, 1.165) is 5.56 Å². The third kappa shape index (κ3) is 4.87. The van der Waals surface area contributed by atoms with E-state index < -0.39 is 5.82 Å². The summed E-state index contributed by atoms with van der Waals surface area (Å²) in [6.45, 7) is 0.384. The summed E-state index contributed by atoms with van der Waals surface area (Å²) in [5.74, 6) is 0.129. The van der Waals surface area contributed by atoms with Crippen molar-refractivity contribution in [3.05, 3.63) is 65.3 Å². The first-order valence-corrected chi connectivity index (χ1v) is 8.20. The van der Waals surface area contributed by atoms with Crippen LogP contribution in [0.2, 0.25) is 5.02 Å². The fourth-order valence-electron chi connectivity index (χ4n) is 2.36. The van der Waals surface area contributed by atoms with Gasteiger partial charge in [-0.2, -0.15) is 4.98 Å². The van der Waals surface area contributed by atoms with Crippen molar-refractivity contribution in [1.29, 1.82) is 0 Å². The van der Waals surface area contributed by atoms with E-state index in [-0.39, 0.29) is 12.5 Å². The number of hydrogen-bond donors (Lipinski definition) is 1. The molecule has 0 aliphatic heterocycles. The lowest BCUT2D eigenvalue weighted by Gasteiger charge is -2.13. The molecule has 3 rings (SSSR count). The van der Waals surface area contributed by atoms with Crippen molar-refractivity contribution in [2.24, 2.45) is 0 Å². The number of anilines is 1. The van der Waals surface area contributed by atoms with Gasteiger partial charge in [0.2, 0.25) is 17.6 Å². The maximum atomic E-state index is 13.1. The fraction of sp³-hybridized carbons (Fsp3) is 0.167. The van der Waals surface area contributed by atoms with Gasteiger partial charge in [0.25, 0.3) is 0 Å². The Labute approximate surface area is 154 Å². The second kappa shape index (κ2) is 8.07. The van der Waals surface area contributed by atoms with Gasteiger partial charge in [0.15, 0.2) is 0 Å². The summed E-state index contributed by atoms with van der Waals surface area (Å²) < 4.78 is 18.4. The third-order valence-corrected chi connectivity index (χ3v) is 3.71. The van der Waals surface area contributed by atoms with Gasteiger partial charge in [-0.25, -0.2) is 4.39 Å². The summed E-state index contributed by atoms with van der Waals surface area (Å²) in [5.41, 5.74) is 1.16. The number of nitrogens with one attached hydrogen (secondary N) is 1. The van der Waals surface area contributed by atoms with Crippen LogP contribution in [0.4, 0.5) is 10.1 Å². The number of aromatic nitrogens is 2. The molecule has 1 aromatic heterocycles. The maximum absolute atomic E-state index is 13.1. The van der Waals surface area contributed by atoms with Crippen molar-refractivity contribution in [3.63, 3.8) is 0 Å². The van der Waals surface area contributed by atoms with Crippen LogP contribution in [0.5, 0.6) is 0 Å². The molecular weight excluding hydrogens is 359 g/mol. The molecule has 0 saturated heterocycles. The number of likely N-dealkylation sites (N-methyl/N-ethyl adjacent to an activating group) is 1. The monoisotopic (exact) mass is 374 g/mol. The maximum Gasteiger partial charge on any atom is 0.241 e. The minimum Gasteiger partial charge on any atom is -0.338 e. The largest absolute Gasteiger partial charge is 0.338 e. The first-order valence-electron chi connectivity index (χ1n) is 7.82. The van der Waals surface area contributed by atoms with E-state index >= 15 is 0 Å². The highest BCUT2D eigenvalue weighted by Gasteiger charge is 2.13. The second-order valence-corrected chi connectivity index (χ2v) is 6.19. The molecule has 0 aliphatic carbocycles. The minimum atomic E-state index is -0.407. The number of benzene rings is 2. The molecule has 0 spiro atoms. The van der Waals surface area contributed by atoms with Crippen LogP contribution in [0.3, 0.4) is 0 Å². The molecule has 0 atom stereocenters. The molecular formula is C18H16ClFN4O2. The predicted octanol–water partition coefficient (Wildman–Crippen LogP) is 3.60. The molecule has 2 aromatic carbocycles. The van der Waals surface area contributed by atoms with Crippen LogP contribution in [0, 0.1) is 5.82 Å². The Morgan fingerprint density at radius 3 is 2.85 bits per heavy atom. The lowest BCUT2D eigenvalue weighted by molar-refractivity contribution is -0.117. The van der Waals surface area contributed by atoms with Gasteiger partial charge in [0, 0.05) is 16.3 Å². The van der Waals surface area contributed by atoms with Crippen molar-refractivity contribution in [3.8, 4) is 11.4 Å². The Kier molecular flexibility index (Phi) is 5.60.